The van der Waals surface area contributed by atoms with Crippen molar-refractivity contribution in [3.63, 3.8) is 0 Å². The van der Waals surface area contributed by atoms with E-state index in [2.05, 4.69) is 10.6 Å². The van der Waals surface area contributed by atoms with Crippen LogP contribution >= 0.6 is 0 Å². The molecule has 3 N–H and O–H groups in total. The smallest absolute Gasteiger partial charge is 0.309 e. The van der Waals surface area contributed by atoms with E-state index in [1.807, 2.05) is 63.3 Å². The molecule has 0 aliphatic carbocycles. The number of carbonyl (C=O) groups is 3. The number of aliphatic hydroxyl groups is 1. The van der Waals surface area contributed by atoms with Crippen LogP contribution in [0.2, 0.25) is 0 Å². The minimum Gasteiger partial charge on any atom is -0.463 e. The van der Waals surface area contributed by atoms with Crippen LogP contribution in [0.5, 0.6) is 0 Å². The first-order valence-corrected chi connectivity index (χ1v) is 12.3. The molecule has 194 valence electrons. The minimum atomic E-state index is -0.544. The number of aliphatic hydroxyl groups excluding tert-OH is 1. The Labute approximate surface area is 208 Å². The fourth-order valence-electron chi connectivity index (χ4n) is 3.77. The molecule has 3 atom stereocenters. The zero-order valence-corrected chi connectivity index (χ0v) is 21.1. The summed E-state index contributed by atoms with van der Waals surface area (Å²) in [5.74, 6) is -1.62. The Hall–Kier alpha value is -2.71. The molecule has 0 saturated carbocycles. The molecule has 1 aromatic rings. The topological polar surface area (TPSA) is 114 Å². The summed E-state index contributed by atoms with van der Waals surface area (Å²) in [6, 6.07) is 9.44. The van der Waals surface area contributed by atoms with Gasteiger partial charge in [0.25, 0.3) is 0 Å². The van der Waals surface area contributed by atoms with Crippen LogP contribution in [0.1, 0.15) is 45.6 Å². The van der Waals surface area contributed by atoms with Gasteiger partial charge in [-0.15, -0.1) is 0 Å². The van der Waals surface area contributed by atoms with Gasteiger partial charge in [-0.25, -0.2) is 0 Å². The molecule has 2 rings (SSSR count). The van der Waals surface area contributed by atoms with E-state index in [1.54, 1.807) is 0 Å². The number of hydrogen-bond acceptors (Lipinski definition) is 6. The van der Waals surface area contributed by atoms with Crippen LogP contribution in [0.4, 0.5) is 0 Å². The Morgan fingerprint density at radius 2 is 1.80 bits per heavy atom. The first-order chi connectivity index (χ1) is 16.7. The standard InChI is InChI=1S/C27H40N2O6/c1-27(2,3)23-19-35-26(33)22(17-20-9-5-4-6-10-20)12-8-7-11-21(25(32)29-23)18-24(31)28-13-15-34-16-14-30/h4-10,21-23,30H,11-19H2,1-3H3,(H,28,31)(H,29,32). The Bertz CT molecular complexity index is 834. The van der Waals surface area contributed by atoms with Gasteiger partial charge in [0.1, 0.15) is 6.61 Å². The molecule has 0 bridgehead atoms. The number of amides is 2. The van der Waals surface area contributed by atoms with Gasteiger partial charge in [0.05, 0.1) is 37.7 Å². The Morgan fingerprint density at radius 1 is 1.11 bits per heavy atom. The zero-order chi connectivity index (χ0) is 25.7. The number of nitrogens with one attached hydrogen (secondary N) is 2. The lowest BCUT2D eigenvalue weighted by atomic mass is 9.86. The second-order valence-electron chi connectivity index (χ2n) is 9.97. The van der Waals surface area contributed by atoms with Crippen molar-refractivity contribution in [2.75, 3.05) is 33.0 Å². The molecule has 0 aromatic heterocycles. The Balaban J connectivity index is 2.11. The third-order valence-electron chi connectivity index (χ3n) is 6.03. The summed E-state index contributed by atoms with van der Waals surface area (Å²) in [6.45, 7) is 6.76. The summed E-state index contributed by atoms with van der Waals surface area (Å²) < 4.78 is 10.8. The van der Waals surface area contributed by atoms with Crippen molar-refractivity contribution in [3.8, 4) is 0 Å². The van der Waals surface area contributed by atoms with Crippen LogP contribution < -0.4 is 10.6 Å². The lowest BCUT2D eigenvalue weighted by Gasteiger charge is -2.33. The van der Waals surface area contributed by atoms with Gasteiger partial charge in [-0.1, -0.05) is 63.3 Å². The monoisotopic (exact) mass is 488 g/mol. The normalized spacial score (nSPS) is 21.9. The van der Waals surface area contributed by atoms with Crippen molar-refractivity contribution < 1.29 is 29.0 Å². The fraction of sp³-hybridized carbons (Fsp3) is 0.593. The van der Waals surface area contributed by atoms with Crippen molar-refractivity contribution >= 4 is 17.8 Å². The zero-order valence-electron chi connectivity index (χ0n) is 21.1. The van der Waals surface area contributed by atoms with Gasteiger partial charge >= 0.3 is 5.97 Å². The highest BCUT2D eigenvalue weighted by Crippen LogP contribution is 2.23. The van der Waals surface area contributed by atoms with Gasteiger partial charge in [0.2, 0.25) is 11.8 Å². The Kier molecular flexibility index (Phi) is 11.9. The average molecular weight is 489 g/mol. The van der Waals surface area contributed by atoms with Crippen molar-refractivity contribution in [1.82, 2.24) is 10.6 Å². The highest BCUT2D eigenvalue weighted by molar-refractivity contribution is 5.86. The number of esters is 1. The molecule has 8 heteroatoms. The van der Waals surface area contributed by atoms with Crippen molar-refractivity contribution in [2.45, 2.75) is 52.5 Å². The van der Waals surface area contributed by atoms with E-state index in [4.69, 9.17) is 14.6 Å². The molecule has 1 aliphatic rings. The number of hydrogen-bond donors (Lipinski definition) is 3. The molecule has 0 saturated heterocycles. The maximum absolute atomic E-state index is 13.1. The van der Waals surface area contributed by atoms with E-state index in [9.17, 15) is 14.4 Å². The molecule has 2 amide bonds. The number of carbonyl (C=O) groups excluding carboxylic acids is 3. The highest BCUT2D eigenvalue weighted by atomic mass is 16.5. The molecule has 1 aromatic carbocycles. The highest BCUT2D eigenvalue weighted by Gasteiger charge is 2.32. The van der Waals surface area contributed by atoms with E-state index in [0.29, 0.717) is 32.4 Å². The quantitative estimate of drug-likeness (QED) is 0.279. The lowest BCUT2D eigenvalue weighted by Crippen LogP contribution is -2.50. The van der Waals surface area contributed by atoms with Crippen LogP contribution in [0.3, 0.4) is 0 Å². The summed E-state index contributed by atoms with van der Waals surface area (Å²) in [5.41, 5.74) is 0.718. The van der Waals surface area contributed by atoms with E-state index in [1.165, 1.54) is 0 Å². The number of ether oxygens (including phenoxy) is 2. The van der Waals surface area contributed by atoms with E-state index >= 15 is 0 Å². The molecular weight excluding hydrogens is 448 g/mol. The molecule has 1 aliphatic heterocycles. The Morgan fingerprint density at radius 3 is 2.46 bits per heavy atom. The second-order valence-corrected chi connectivity index (χ2v) is 9.97. The molecule has 3 unspecified atom stereocenters. The maximum Gasteiger partial charge on any atom is 0.309 e. The number of rotatable bonds is 9. The third-order valence-corrected chi connectivity index (χ3v) is 6.03. The second kappa shape index (κ2) is 14.6. The maximum atomic E-state index is 13.1. The molecular formula is C27H40N2O6. The number of cyclic esters (lactones) is 1. The van der Waals surface area contributed by atoms with Crippen molar-refractivity contribution in [2.24, 2.45) is 17.3 Å². The van der Waals surface area contributed by atoms with Crippen LogP contribution in [-0.2, 0) is 30.3 Å². The van der Waals surface area contributed by atoms with Crippen LogP contribution in [-0.4, -0.2) is 61.9 Å². The first-order valence-electron chi connectivity index (χ1n) is 12.3. The fourth-order valence-corrected chi connectivity index (χ4v) is 3.77. The van der Waals surface area contributed by atoms with Crippen LogP contribution in [0, 0.1) is 17.3 Å². The summed E-state index contributed by atoms with van der Waals surface area (Å²) in [6.07, 6.45) is 5.28. The molecule has 8 nitrogen and oxygen atoms in total. The number of allylic oxidation sites excluding steroid dienone is 2. The van der Waals surface area contributed by atoms with Crippen molar-refractivity contribution in [1.29, 1.82) is 0 Å². The van der Waals surface area contributed by atoms with E-state index in [0.717, 1.165) is 5.56 Å². The van der Waals surface area contributed by atoms with Gasteiger partial charge in [-0.3, -0.25) is 14.4 Å². The lowest BCUT2D eigenvalue weighted by molar-refractivity contribution is -0.151. The van der Waals surface area contributed by atoms with Gasteiger partial charge < -0.3 is 25.2 Å². The molecule has 0 spiro atoms. The summed E-state index contributed by atoms with van der Waals surface area (Å²) in [4.78, 5) is 38.5. The van der Waals surface area contributed by atoms with Gasteiger partial charge in [-0.05, 0) is 30.2 Å². The van der Waals surface area contributed by atoms with Crippen LogP contribution in [0.25, 0.3) is 0 Å². The predicted molar refractivity (Wildman–Crippen MR) is 133 cm³/mol. The van der Waals surface area contributed by atoms with Crippen LogP contribution in [0.15, 0.2) is 42.5 Å². The minimum absolute atomic E-state index is 0.0419. The largest absolute Gasteiger partial charge is 0.463 e. The third kappa shape index (κ3) is 10.6. The predicted octanol–water partition coefficient (Wildman–Crippen LogP) is 2.40. The first kappa shape index (κ1) is 28.5. The average Bonchev–Trinajstić information content (AvgIpc) is 2.81. The van der Waals surface area contributed by atoms with Gasteiger partial charge in [-0.2, -0.15) is 0 Å². The summed E-state index contributed by atoms with van der Waals surface area (Å²) in [5, 5.41) is 14.5. The van der Waals surface area contributed by atoms with Gasteiger partial charge in [0, 0.05) is 13.0 Å². The molecule has 0 fully saturated rings. The molecule has 35 heavy (non-hydrogen) atoms. The van der Waals surface area contributed by atoms with Crippen molar-refractivity contribution in [3.05, 3.63) is 48.0 Å². The molecule has 0 radical (unpaired) electrons. The van der Waals surface area contributed by atoms with E-state index < -0.39 is 12.0 Å². The summed E-state index contributed by atoms with van der Waals surface area (Å²) >= 11 is 0. The van der Waals surface area contributed by atoms with Gasteiger partial charge in [0.15, 0.2) is 0 Å². The SMILES string of the molecule is CC(C)(C)C1COC(=O)C(Cc2ccccc2)CC=CCC(CC(=O)NCCOCCO)C(=O)N1. The van der Waals surface area contributed by atoms with E-state index in [-0.39, 0.29) is 55.4 Å². The summed E-state index contributed by atoms with van der Waals surface area (Å²) in [7, 11) is 0. The number of benzene rings is 1. The molecule has 1 heterocycles.